The molecule has 22 heavy (non-hydrogen) atoms. The quantitative estimate of drug-likeness (QED) is 0.850. The zero-order valence-corrected chi connectivity index (χ0v) is 12.7. The summed E-state index contributed by atoms with van der Waals surface area (Å²) in [6.07, 6.45) is 4.47. The molecule has 0 aliphatic carbocycles. The maximum atomic E-state index is 12.9. The number of hydrogen-bond donors (Lipinski definition) is 1. The van der Waals surface area contributed by atoms with Crippen molar-refractivity contribution in [2.75, 3.05) is 12.3 Å². The Labute approximate surface area is 131 Å². The van der Waals surface area contributed by atoms with Gasteiger partial charge in [-0.1, -0.05) is 43.2 Å². The summed E-state index contributed by atoms with van der Waals surface area (Å²) in [4.78, 5) is 15.0. The van der Waals surface area contributed by atoms with Gasteiger partial charge >= 0.3 is 0 Å². The topological polar surface area (TPSA) is 46.3 Å². The van der Waals surface area contributed by atoms with Crippen LogP contribution in [0.3, 0.4) is 0 Å². The molecule has 0 saturated carbocycles. The summed E-state index contributed by atoms with van der Waals surface area (Å²) >= 11 is 0. The monoisotopic (exact) mass is 294 g/mol. The summed E-state index contributed by atoms with van der Waals surface area (Å²) in [5, 5.41) is 0. The molecule has 114 valence electrons. The second-order valence-electron chi connectivity index (χ2n) is 5.90. The molecule has 2 aromatic rings. The number of nitrogens with zero attached hydrogens (tertiary/aromatic N) is 1. The van der Waals surface area contributed by atoms with Crippen LogP contribution in [0.1, 0.15) is 47.6 Å². The summed E-state index contributed by atoms with van der Waals surface area (Å²) in [6, 6.07) is 17.8. The third-order valence-corrected chi connectivity index (χ3v) is 4.36. The molecule has 3 heteroatoms. The Kier molecular flexibility index (Phi) is 4.42. The first-order valence-electron chi connectivity index (χ1n) is 7.97. The fraction of sp³-hybridized carbons (Fsp3) is 0.316. The van der Waals surface area contributed by atoms with E-state index in [1.807, 2.05) is 35.2 Å². The Morgan fingerprint density at radius 3 is 2.41 bits per heavy atom. The van der Waals surface area contributed by atoms with Crippen LogP contribution in [0.5, 0.6) is 0 Å². The third-order valence-electron chi connectivity index (χ3n) is 4.36. The van der Waals surface area contributed by atoms with E-state index in [2.05, 4.69) is 12.1 Å². The molecule has 1 amide bonds. The highest BCUT2D eigenvalue weighted by Gasteiger charge is 2.27. The van der Waals surface area contributed by atoms with Gasteiger partial charge in [-0.05, 0) is 42.7 Å². The second kappa shape index (κ2) is 6.65. The number of amides is 1. The van der Waals surface area contributed by atoms with Crippen LogP contribution in [-0.2, 0) is 0 Å². The average molecular weight is 294 g/mol. The van der Waals surface area contributed by atoms with Gasteiger partial charge in [-0.25, -0.2) is 0 Å². The molecule has 1 aliphatic heterocycles. The minimum absolute atomic E-state index is 0.107. The van der Waals surface area contributed by atoms with Crippen LogP contribution in [-0.4, -0.2) is 17.4 Å². The Hall–Kier alpha value is -2.29. The van der Waals surface area contributed by atoms with E-state index >= 15 is 0 Å². The van der Waals surface area contributed by atoms with E-state index in [4.69, 9.17) is 5.73 Å². The van der Waals surface area contributed by atoms with E-state index in [0.717, 1.165) is 24.9 Å². The van der Waals surface area contributed by atoms with E-state index < -0.39 is 0 Å². The maximum absolute atomic E-state index is 12.9. The lowest BCUT2D eigenvalue weighted by Crippen LogP contribution is -2.34. The lowest BCUT2D eigenvalue weighted by molar-refractivity contribution is 0.0681. The number of anilines is 1. The van der Waals surface area contributed by atoms with Crippen LogP contribution in [0.15, 0.2) is 54.6 Å². The molecule has 1 saturated heterocycles. The molecule has 1 unspecified atom stereocenters. The lowest BCUT2D eigenvalue weighted by Gasteiger charge is -2.30. The van der Waals surface area contributed by atoms with Crippen molar-refractivity contribution in [3.05, 3.63) is 65.7 Å². The molecule has 1 aliphatic rings. The third kappa shape index (κ3) is 3.14. The molecular formula is C19H22N2O. The number of carbonyl (C=O) groups excluding carboxylic acids is 1. The van der Waals surface area contributed by atoms with Crippen molar-refractivity contribution in [3.63, 3.8) is 0 Å². The second-order valence-corrected chi connectivity index (χ2v) is 5.90. The molecule has 0 radical (unpaired) electrons. The molecule has 0 bridgehead atoms. The zero-order chi connectivity index (χ0) is 15.4. The highest BCUT2D eigenvalue weighted by Crippen LogP contribution is 2.31. The van der Waals surface area contributed by atoms with Crippen molar-refractivity contribution in [2.24, 2.45) is 0 Å². The summed E-state index contributed by atoms with van der Waals surface area (Å²) in [7, 11) is 0. The Balaban J connectivity index is 1.90. The molecule has 3 rings (SSSR count). The van der Waals surface area contributed by atoms with Gasteiger partial charge in [0.15, 0.2) is 0 Å². The van der Waals surface area contributed by atoms with Gasteiger partial charge in [-0.15, -0.1) is 0 Å². The number of nitrogens with two attached hydrogens (primary N) is 1. The SMILES string of the molecule is Nc1ccc(C(=O)N2CCCCCC2c2ccccc2)cc1. The van der Waals surface area contributed by atoms with Crippen LogP contribution in [0.4, 0.5) is 5.69 Å². The molecule has 1 fully saturated rings. The lowest BCUT2D eigenvalue weighted by atomic mass is 10.00. The molecule has 2 N–H and O–H groups in total. The average Bonchev–Trinajstić information content (AvgIpc) is 2.81. The summed E-state index contributed by atoms with van der Waals surface area (Å²) < 4.78 is 0. The number of hydrogen-bond acceptors (Lipinski definition) is 2. The number of nitrogen functional groups attached to an aromatic ring is 1. The van der Waals surface area contributed by atoms with Crippen LogP contribution in [0.2, 0.25) is 0 Å². The summed E-state index contributed by atoms with van der Waals surface area (Å²) in [5.41, 5.74) is 8.36. The predicted molar refractivity (Wildman–Crippen MR) is 89.5 cm³/mol. The smallest absolute Gasteiger partial charge is 0.254 e. The molecule has 1 atom stereocenters. The van der Waals surface area contributed by atoms with Gasteiger partial charge in [0.1, 0.15) is 0 Å². The fourth-order valence-electron chi connectivity index (χ4n) is 3.16. The highest BCUT2D eigenvalue weighted by molar-refractivity contribution is 5.94. The first-order valence-corrected chi connectivity index (χ1v) is 7.97. The summed E-state index contributed by atoms with van der Waals surface area (Å²) in [5.74, 6) is 0.107. The zero-order valence-electron chi connectivity index (χ0n) is 12.7. The number of likely N-dealkylation sites (tertiary alicyclic amines) is 1. The van der Waals surface area contributed by atoms with E-state index in [0.29, 0.717) is 5.69 Å². The van der Waals surface area contributed by atoms with Crippen molar-refractivity contribution in [3.8, 4) is 0 Å². The number of benzene rings is 2. The molecule has 2 aromatic carbocycles. The standard InChI is InChI=1S/C19H22N2O/c20-17-12-10-16(11-13-17)19(22)21-14-6-2-5-9-18(21)15-7-3-1-4-8-15/h1,3-4,7-8,10-13,18H,2,5-6,9,14,20H2. The van der Waals surface area contributed by atoms with Crippen LogP contribution < -0.4 is 5.73 Å². The first-order chi connectivity index (χ1) is 10.8. The van der Waals surface area contributed by atoms with E-state index in [-0.39, 0.29) is 11.9 Å². The van der Waals surface area contributed by atoms with Crippen molar-refractivity contribution in [1.29, 1.82) is 0 Å². The number of carbonyl (C=O) groups is 1. The van der Waals surface area contributed by atoms with E-state index in [9.17, 15) is 4.79 Å². The van der Waals surface area contributed by atoms with Crippen LogP contribution >= 0.6 is 0 Å². The molecular weight excluding hydrogens is 272 g/mol. The fourth-order valence-corrected chi connectivity index (χ4v) is 3.16. The normalized spacial score (nSPS) is 18.7. The van der Waals surface area contributed by atoms with E-state index in [1.165, 1.54) is 18.4 Å². The van der Waals surface area contributed by atoms with Crippen molar-refractivity contribution >= 4 is 11.6 Å². The van der Waals surface area contributed by atoms with Gasteiger partial charge in [0.05, 0.1) is 6.04 Å². The molecule has 0 spiro atoms. The van der Waals surface area contributed by atoms with Crippen molar-refractivity contribution in [2.45, 2.75) is 31.7 Å². The molecule has 3 nitrogen and oxygen atoms in total. The van der Waals surface area contributed by atoms with Crippen molar-refractivity contribution < 1.29 is 4.79 Å². The minimum Gasteiger partial charge on any atom is -0.399 e. The Morgan fingerprint density at radius 2 is 1.68 bits per heavy atom. The highest BCUT2D eigenvalue weighted by atomic mass is 16.2. The van der Waals surface area contributed by atoms with Gasteiger partial charge in [0, 0.05) is 17.8 Å². The van der Waals surface area contributed by atoms with Gasteiger partial charge < -0.3 is 10.6 Å². The maximum Gasteiger partial charge on any atom is 0.254 e. The van der Waals surface area contributed by atoms with Crippen LogP contribution in [0, 0.1) is 0 Å². The van der Waals surface area contributed by atoms with Crippen LogP contribution in [0.25, 0.3) is 0 Å². The van der Waals surface area contributed by atoms with Gasteiger partial charge in [0.25, 0.3) is 5.91 Å². The van der Waals surface area contributed by atoms with Gasteiger partial charge in [-0.2, -0.15) is 0 Å². The summed E-state index contributed by atoms with van der Waals surface area (Å²) in [6.45, 7) is 0.822. The Bertz CT molecular complexity index is 622. The first kappa shape index (κ1) is 14.6. The van der Waals surface area contributed by atoms with Gasteiger partial charge in [-0.3, -0.25) is 4.79 Å². The Morgan fingerprint density at radius 1 is 0.955 bits per heavy atom. The van der Waals surface area contributed by atoms with Crippen molar-refractivity contribution in [1.82, 2.24) is 4.90 Å². The minimum atomic E-state index is 0.107. The largest absolute Gasteiger partial charge is 0.399 e. The molecule has 0 aromatic heterocycles. The number of rotatable bonds is 2. The predicted octanol–water partition coefficient (Wildman–Crippen LogP) is 4.03. The molecule has 1 heterocycles. The van der Waals surface area contributed by atoms with Gasteiger partial charge in [0.2, 0.25) is 0 Å². The van der Waals surface area contributed by atoms with E-state index in [1.54, 1.807) is 12.1 Å².